The zero-order chi connectivity index (χ0) is 14.6. The average molecular weight is 271 g/mol. The van der Waals surface area contributed by atoms with Gasteiger partial charge in [-0.25, -0.2) is 4.79 Å². The highest BCUT2D eigenvalue weighted by atomic mass is 16.4. The van der Waals surface area contributed by atoms with Crippen LogP contribution in [0.3, 0.4) is 0 Å². The number of carboxylic acids is 1. The Labute approximate surface area is 112 Å². The molecule has 4 N–H and O–H groups in total. The maximum absolute atomic E-state index is 11.4. The van der Waals surface area contributed by atoms with Gasteiger partial charge < -0.3 is 15.7 Å². The molecule has 0 radical (unpaired) electrons. The Morgan fingerprint density at radius 2 is 2.05 bits per heavy atom. The topological polar surface area (TPSA) is 113 Å². The molecule has 19 heavy (non-hydrogen) atoms. The van der Waals surface area contributed by atoms with Gasteiger partial charge in [-0.3, -0.25) is 14.9 Å². The van der Waals surface area contributed by atoms with Gasteiger partial charge in [-0.05, 0) is 18.9 Å². The van der Waals surface area contributed by atoms with Crippen molar-refractivity contribution in [3.63, 3.8) is 0 Å². The van der Waals surface area contributed by atoms with Gasteiger partial charge in [-0.2, -0.15) is 0 Å². The fraction of sp³-hybridized carbons (Fsp3) is 0.750. The molecule has 7 nitrogen and oxygen atoms in total. The van der Waals surface area contributed by atoms with E-state index in [2.05, 4.69) is 0 Å². The minimum Gasteiger partial charge on any atom is -0.481 e. The van der Waals surface area contributed by atoms with E-state index in [1.807, 2.05) is 24.1 Å². The maximum Gasteiger partial charge on any atom is 0.318 e. The fourth-order valence-electron chi connectivity index (χ4n) is 2.46. The zero-order valence-corrected chi connectivity index (χ0v) is 11.3. The summed E-state index contributed by atoms with van der Waals surface area (Å²) in [5.74, 6) is -1.19. The van der Waals surface area contributed by atoms with Crippen molar-refractivity contribution in [2.75, 3.05) is 19.6 Å². The summed E-state index contributed by atoms with van der Waals surface area (Å²) in [5, 5.41) is 11.4. The van der Waals surface area contributed by atoms with Crippen molar-refractivity contribution in [1.29, 1.82) is 0 Å². The van der Waals surface area contributed by atoms with Crippen molar-refractivity contribution < 1.29 is 19.5 Å². The number of carbonyl (C=O) groups is 3. The van der Waals surface area contributed by atoms with Crippen molar-refractivity contribution in [1.82, 2.24) is 10.2 Å². The number of primary amides is 1. The van der Waals surface area contributed by atoms with Crippen LogP contribution in [-0.4, -0.2) is 47.5 Å². The number of hydrogen-bond acceptors (Lipinski definition) is 4. The number of carbonyl (C=O) groups excluding carboxylic acids is 2. The summed E-state index contributed by atoms with van der Waals surface area (Å²) in [6.07, 6.45) is 0.716. The molecule has 3 amide bonds. The van der Waals surface area contributed by atoms with Crippen LogP contribution in [0.15, 0.2) is 0 Å². The van der Waals surface area contributed by atoms with E-state index in [1.54, 1.807) is 0 Å². The Morgan fingerprint density at radius 1 is 1.42 bits per heavy atom. The molecule has 0 saturated carbocycles. The highest BCUT2D eigenvalue weighted by Crippen LogP contribution is 2.38. The predicted molar refractivity (Wildman–Crippen MR) is 68.3 cm³/mol. The van der Waals surface area contributed by atoms with E-state index < -0.39 is 23.3 Å². The number of nitrogens with one attached hydrogen (secondary N) is 1. The normalized spacial score (nSPS) is 23.5. The Hall–Kier alpha value is -1.63. The molecule has 0 spiro atoms. The number of carboxylic acid groups (broad SMARTS) is 1. The largest absolute Gasteiger partial charge is 0.481 e. The first-order chi connectivity index (χ1) is 8.78. The molecule has 0 aromatic heterocycles. The summed E-state index contributed by atoms with van der Waals surface area (Å²) in [4.78, 5) is 35.1. The van der Waals surface area contributed by atoms with Crippen molar-refractivity contribution in [2.24, 2.45) is 17.1 Å². The molecular formula is C12H21N3O4. The first-order valence-electron chi connectivity index (χ1n) is 6.33. The van der Waals surface area contributed by atoms with Gasteiger partial charge in [-0.1, -0.05) is 13.8 Å². The standard InChI is InChI=1S/C12H21N3O4/c1-8(2)12(10(17)18)4-6-15(7-12)5-3-9(16)14-11(13)19/h8H,3-7H2,1-2H3,(H,17,18)(H3,13,14,16,19). The van der Waals surface area contributed by atoms with Crippen LogP contribution in [0.5, 0.6) is 0 Å². The minimum atomic E-state index is -0.867. The third-order valence-electron chi connectivity index (χ3n) is 3.83. The van der Waals surface area contributed by atoms with Crippen LogP contribution in [0.4, 0.5) is 4.79 Å². The number of aliphatic carboxylic acids is 1. The second kappa shape index (κ2) is 6.01. The number of nitrogens with zero attached hydrogens (tertiary/aromatic N) is 1. The Morgan fingerprint density at radius 3 is 2.47 bits per heavy atom. The molecule has 7 heteroatoms. The van der Waals surface area contributed by atoms with Crippen molar-refractivity contribution in [3.05, 3.63) is 0 Å². The van der Waals surface area contributed by atoms with Crippen LogP contribution in [0, 0.1) is 11.3 Å². The molecule has 0 aromatic carbocycles. The molecule has 0 aliphatic carbocycles. The number of amides is 3. The Bertz CT molecular complexity index is 383. The van der Waals surface area contributed by atoms with Crippen LogP contribution in [-0.2, 0) is 9.59 Å². The maximum atomic E-state index is 11.4. The number of urea groups is 1. The smallest absolute Gasteiger partial charge is 0.318 e. The van der Waals surface area contributed by atoms with E-state index in [1.165, 1.54) is 0 Å². The number of rotatable bonds is 5. The monoisotopic (exact) mass is 271 g/mol. The third-order valence-corrected chi connectivity index (χ3v) is 3.83. The molecule has 1 aliphatic heterocycles. The van der Waals surface area contributed by atoms with E-state index in [9.17, 15) is 19.5 Å². The van der Waals surface area contributed by atoms with Gasteiger partial charge in [0.2, 0.25) is 5.91 Å². The average Bonchev–Trinajstić information content (AvgIpc) is 2.70. The molecule has 1 saturated heterocycles. The second-order valence-corrected chi connectivity index (χ2v) is 5.30. The van der Waals surface area contributed by atoms with E-state index >= 15 is 0 Å². The lowest BCUT2D eigenvalue weighted by Gasteiger charge is -2.28. The molecular weight excluding hydrogens is 250 g/mol. The molecule has 1 atom stereocenters. The van der Waals surface area contributed by atoms with Gasteiger partial charge in [0.15, 0.2) is 0 Å². The first-order valence-corrected chi connectivity index (χ1v) is 6.33. The molecule has 1 rings (SSSR count). The number of likely N-dealkylation sites (tertiary alicyclic amines) is 1. The van der Waals surface area contributed by atoms with E-state index in [0.717, 1.165) is 0 Å². The zero-order valence-electron chi connectivity index (χ0n) is 11.3. The SMILES string of the molecule is CC(C)C1(C(=O)O)CCN(CCC(=O)NC(N)=O)C1. The van der Waals surface area contributed by atoms with Gasteiger partial charge in [0, 0.05) is 19.5 Å². The van der Waals surface area contributed by atoms with E-state index in [0.29, 0.717) is 26.1 Å². The summed E-state index contributed by atoms with van der Waals surface area (Å²) >= 11 is 0. The minimum absolute atomic E-state index is 0.0365. The summed E-state index contributed by atoms with van der Waals surface area (Å²) in [6.45, 7) is 5.31. The van der Waals surface area contributed by atoms with Crippen LogP contribution >= 0.6 is 0 Å². The lowest BCUT2D eigenvalue weighted by molar-refractivity contribution is -0.151. The molecule has 1 heterocycles. The lowest BCUT2D eigenvalue weighted by Crippen LogP contribution is -2.40. The highest BCUT2D eigenvalue weighted by Gasteiger charge is 2.46. The number of hydrogen-bond donors (Lipinski definition) is 3. The molecule has 1 aliphatic rings. The van der Waals surface area contributed by atoms with Crippen molar-refractivity contribution in [3.8, 4) is 0 Å². The Balaban J connectivity index is 2.50. The summed E-state index contributed by atoms with van der Waals surface area (Å²) in [5.41, 5.74) is 4.10. The van der Waals surface area contributed by atoms with Crippen LogP contribution in [0.2, 0.25) is 0 Å². The highest BCUT2D eigenvalue weighted by molar-refractivity contribution is 5.93. The van der Waals surface area contributed by atoms with E-state index in [-0.39, 0.29) is 12.3 Å². The van der Waals surface area contributed by atoms with Crippen LogP contribution < -0.4 is 11.1 Å². The molecule has 0 bridgehead atoms. The van der Waals surface area contributed by atoms with Crippen molar-refractivity contribution >= 4 is 17.9 Å². The van der Waals surface area contributed by atoms with Gasteiger partial charge in [0.1, 0.15) is 0 Å². The summed E-state index contributed by atoms with van der Waals surface area (Å²) in [6, 6.07) is -0.867. The first kappa shape index (κ1) is 15.4. The summed E-state index contributed by atoms with van der Waals surface area (Å²) in [7, 11) is 0. The van der Waals surface area contributed by atoms with Gasteiger partial charge in [0.25, 0.3) is 0 Å². The quantitative estimate of drug-likeness (QED) is 0.651. The van der Waals surface area contributed by atoms with Crippen LogP contribution in [0.1, 0.15) is 26.7 Å². The molecule has 108 valence electrons. The molecule has 1 unspecified atom stereocenters. The van der Waals surface area contributed by atoms with Gasteiger partial charge in [-0.15, -0.1) is 0 Å². The van der Waals surface area contributed by atoms with Gasteiger partial charge >= 0.3 is 12.0 Å². The van der Waals surface area contributed by atoms with Gasteiger partial charge in [0.05, 0.1) is 5.41 Å². The molecule has 0 aromatic rings. The molecule has 1 fully saturated rings. The third kappa shape index (κ3) is 3.66. The number of imide groups is 1. The van der Waals surface area contributed by atoms with Crippen molar-refractivity contribution in [2.45, 2.75) is 26.7 Å². The Kier molecular flexibility index (Phi) is 4.88. The summed E-state index contributed by atoms with van der Waals surface area (Å²) < 4.78 is 0. The lowest BCUT2D eigenvalue weighted by atomic mass is 9.76. The second-order valence-electron chi connectivity index (χ2n) is 5.30. The number of nitrogens with two attached hydrogens (primary N) is 1. The fourth-order valence-corrected chi connectivity index (χ4v) is 2.46. The van der Waals surface area contributed by atoms with Crippen LogP contribution in [0.25, 0.3) is 0 Å². The predicted octanol–water partition coefficient (Wildman–Crippen LogP) is 0.00410. The van der Waals surface area contributed by atoms with E-state index in [4.69, 9.17) is 5.73 Å².